The van der Waals surface area contributed by atoms with Gasteiger partial charge in [-0.25, -0.2) is 9.07 Å². The summed E-state index contributed by atoms with van der Waals surface area (Å²) in [6.07, 6.45) is 0. The molecule has 0 N–H and O–H groups in total. The molecular formula is C20H22FN5OS. The third-order valence-electron chi connectivity index (χ3n) is 4.52. The third kappa shape index (κ3) is 4.56. The van der Waals surface area contributed by atoms with Crippen molar-refractivity contribution in [3.8, 4) is 5.82 Å². The highest BCUT2D eigenvalue weighted by molar-refractivity contribution is 7.99. The smallest absolute Gasteiger partial charge is 0.233 e. The molecule has 3 aromatic rings. The molecule has 1 atom stereocenters. The normalized spacial score (nSPS) is 12.0. The van der Waals surface area contributed by atoms with Crippen LogP contribution in [0, 0.1) is 19.7 Å². The second kappa shape index (κ2) is 8.52. The van der Waals surface area contributed by atoms with Crippen LogP contribution in [-0.2, 0) is 4.79 Å². The lowest BCUT2D eigenvalue weighted by Crippen LogP contribution is -2.31. The van der Waals surface area contributed by atoms with Gasteiger partial charge in [0.2, 0.25) is 5.91 Å². The summed E-state index contributed by atoms with van der Waals surface area (Å²) in [4.78, 5) is 14.2. The number of amides is 1. The van der Waals surface area contributed by atoms with Crippen LogP contribution in [0.5, 0.6) is 0 Å². The quantitative estimate of drug-likeness (QED) is 0.591. The molecule has 0 aliphatic carbocycles. The fourth-order valence-corrected chi connectivity index (χ4v) is 3.52. The highest BCUT2D eigenvalue weighted by atomic mass is 32.2. The van der Waals surface area contributed by atoms with E-state index < -0.39 is 0 Å². The minimum atomic E-state index is -0.289. The van der Waals surface area contributed by atoms with Crippen LogP contribution >= 0.6 is 11.8 Å². The summed E-state index contributed by atoms with van der Waals surface area (Å²) in [6.45, 7) is 5.80. The molecule has 1 aromatic carbocycles. The second-order valence-corrected chi connectivity index (χ2v) is 7.59. The van der Waals surface area contributed by atoms with E-state index in [1.54, 1.807) is 28.8 Å². The maximum absolute atomic E-state index is 13.1. The SMILES string of the molecule is Cc1cc(C)n(-c2ccc(SCC(=O)N(C)C(C)c3ccc(F)cc3)nn2)n1. The summed E-state index contributed by atoms with van der Waals surface area (Å²) in [5.74, 6) is 0.563. The van der Waals surface area contributed by atoms with Gasteiger partial charge in [0, 0.05) is 12.7 Å². The fourth-order valence-electron chi connectivity index (χ4n) is 2.78. The highest BCUT2D eigenvalue weighted by Crippen LogP contribution is 2.22. The van der Waals surface area contributed by atoms with E-state index >= 15 is 0 Å². The van der Waals surface area contributed by atoms with Crippen LogP contribution in [-0.4, -0.2) is 43.6 Å². The van der Waals surface area contributed by atoms with Crippen molar-refractivity contribution in [3.63, 3.8) is 0 Å². The number of aryl methyl sites for hydroxylation is 2. The van der Waals surface area contributed by atoms with Crippen molar-refractivity contribution >= 4 is 17.7 Å². The van der Waals surface area contributed by atoms with Crippen molar-refractivity contribution < 1.29 is 9.18 Å². The van der Waals surface area contributed by atoms with Gasteiger partial charge >= 0.3 is 0 Å². The van der Waals surface area contributed by atoms with Gasteiger partial charge < -0.3 is 4.90 Å². The molecule has 6 nitrogen and oxygen atoms in total. The first-order chi connectivity index (χ1) is 13.3. The summed E-state index contributed by atoms with van der Waals surface area (Å²) in [7, 11) is 1.74. The Bertz CT molecular complexity index is 956. The zero-order chi connectivity index (χ0) is 20.3. The lowest BCUT2D eigenvalue weighted by molar-refractivity contribution is -0.128. The molecule has 2 aromatic heterocycles. The molecule has 0 aliphatic rings. The molecule has 0 saturated carbocycles. The molecule has 3 rings (SSSR count). The number of hydrogen-bond acceptors (Lipinski definition) is 5. The van der Waals surface area contributed by atoms with Gasteiger partial charge in [0.25, 0.3) is 0 Å². The van der Waals surface area contributed by atoms with E-state index in [9.17, 15) is 9.18 Å². The number of nitrogens with zero attached hydrogens (tertiary/aromatic N) is 5. The summed E-state index contributed by atoms with van der Waals surface area (Å²) >= 11 is 1.33. The van der Waals surface area contributed by atoms with E-state index in [0.717, 1.165) is 17.0 Å². The Morgan fingerprint density at radius 3 is 2.46 bits per heavy atom. The Hall–Kier alpha value is -2.74. The predicted molar refractivity (Wildman–Crippen MR) is 107 cm³/mol. The molecule has 0 aliphatic heterocycles. The van der Waals surface area contributed by atoms with Gasteiger partial charge in [0.05, 0.1) is 17.5 Å². The van der Waals surface area contributed by atoms with E-state index in [2.05, 4.69) is 15.3 Å². The molecule has 2 heterocycles. The number of thioether (sulfide) groups is 1. The first kappa shape index (κ1) is 20.0. The first-order valence-corrected chi connectivity index (χ1v) is 9.85. The molecule has 28 heavy (non-hydrogen) atoms. The average Bonchev–Trinajstić information content (AvgIpc) is 3.04. The van der Waals surface area contributed by atoms with Crippen LogP contribution < -0.4 is 0 Å². The molecule has 8 heteroatoms. The van der Waals surface area contributed by atoms with E-state index in [4.69, 9.17) is 0 Å². The van der Waals surface area contributed by atoms with Crippen molar-refractivity contribution in [2.75, 3.05) is 12.8 Å². The largest absolute Gasteiger partial charge is 0.338 e. The van der Waals surface area contributed by atoms with Crippen molar-refractivity contribution in [2.24, 2.45) is 0 Å². The van der Waals surface area contributed by atoms with Crippen molar-refractivity contribution in [2.45, 2.75) is 31.8 Å². The van der Waals surface area contributed by atoms with Gasteiger partial charge in [-0.05, 0) is 56.7 Å². The van der Waals surface area contributed by atoms with Crippen LogP contribution in [0.4, 0.5) is 4.39 Å². The van der Waals surface area contributed by atoms with E-state index in [0.29, 0.717) is 10.8 Å². The zero-order valence-electron chi connectivity index (χ0n) is 16.3. The molecule has 0 radical (unpaired) electrons. The van der Waals surface area contributed by atoms with E-state index in [-0.39, 0.29) is 23.5 Å². The maximum atomic E-state index is 13.1. The summed E-state index contributed by atoms with van der Waals surface area (Å²) in [5, 5.41) is 13.4. The summed E-state index contributed by atoms with van der Waals surface area (Å²) < 4.78 is 14.8. The number of benzene rings is 1. The Kier molecular flexibility index (Phi) is 6.08. The van der Waals surface area contributed by atoms with E-state index in [1.165, 1.54) is 23.9 Å². The molecule has 1 amide bonds. The van der Waals surface area contributed by atoms with Crippen LogP contribution in [0.2, 0.25) is 0 Å². The molecule has 0 saturated heterocycles. The molecular weight excluding hydrogens is 377 g/mol. The van der Waals surface area contributed by atoms with Gasteiger partial charge in [-0.15, -0.1) is 10.2 Å². The standard InChI is InChI=1S/C20H22FN5OS/c1-13-11-14(2)26(24-13)18-9-10-19(23-22-18)28-12-20(27)25(4)15(3)16-5-7-17(21)8-6-16/h5-11,15H,12H2,1-4H3. The van der Waals surface area contributed by atoms with Crippen LogP contribution in [0.3, 0.4) is 0 Å². The molecule has 1 unspecified atom stereocenters. The number of carbonyl (C=O) groups excluding carboxylic acids is 1. The molecule has 146 valence electrons. The zero-order valence-corrected chi connectivity index (χ0v) is 17.1. The monoisotopic (exact) mass is 399 g/mol. The minimum Gasteiger partial charge on any atom is -0.338 e. The molecule has 0 spiro atoms. The minimum absolute atomic E-state index is 0.0359. The Balaban J connectivity index is 1.59. The van der Waals surface area contributed by atoms with E-state index in [1.807, 2.05) is 39.0 Å². The molecule has 0 bridgehead atoms. The Labute approximate surface area is 167 Å². The van der Waals surface area contributed by atoms with Crippen LogP contribution in [0.25, 0.3) is 5.82 Å². The number of carbonyl (C=O) groups is 1. The predicted octanol–water partition coefficient (Wildman–Crippen LogP) is 3.73. The lowest BCUT2D eigenvalue weighted by Gasteiger charge is -2.25. The average molecular weight is 399 g/mol. The fraction of sp³-hybridized carbons (Fsp3) is 0.300. The van der Waals surface area contributed by atoms with Crippen LogP contribution in [0.15, 0.2) is 47.5 Å². The number of aromatic nitrogens is 4. The summed E-state index contributed by atoms with van der Waals surface area (Å²) in [6, 6.07) is 11.7. The van der Waals surface area contributed by atoms with Crippen molar-refractivity contribution in [1.82, 2.24) is 24.9 Å². The maximum Gasteiger partial charge on any atom is 0.233 e. The Morgan fingerprint density at radius 2 is 1.89 bits per heavy atom. The van der Waals surface area contributed by atoms with Gasteiger partial charge in [-0.2, -0.15) is 5.10 Å². The van der Waals surface area contributed by atoms with Gasteiger partial charge in [0.1, 0.15) is 10.8 Å². The van der Waals surface area contributed by atoms with Gasteiger partial charge in [-0.3, -0.25) is 4.79 Å². The number of hydrogen-bond donors (Lipinski definition) is 0. The third-order valence-corrected chi connectivity index (χ3v) is 5.43. The highest BCUT2D eigenvalue weighted by Gasteiger charge is 2.18. The lowest BCUT2D eigenvalue weighted by atomic mass is 10.1. The molecule has 0 fully saturated rings. The van der Waals surface area contributed by atoms with Crippen molar-refractivity contribution in [3.05, 3.63) is 65.2 Å². The van der Waals surface area contributed by atoms with Gasteiger partial charge in [-0.1, -0.05) is 23.9 Å². The summed E-state index contributed by atoms with van der Waals surface area (Å²) in [5.41, 5.74) is 2.79. The van der Waals surface area contributed by atoms with Crippen molar-refractivity contribution in [1.29, 1.82) is 0 Å². The number of rotatable bonds is 6. The topological polar surface area (TPSA) is 63.9 Å². The second-order valence-electron chi connectivity index (χ2n) is 6.59. The first-order valence-electron chi connectivity index (χ1n) is 8.86. The number of halogens is 1. The van der Waals surface area contributed by atoms with Crippen LogP contribution in [0.1, 0.15) is 29.9 Å². The Morgan fingerprint density at radius 1 is 1.18 bits per heavy atom. The van der Waals surface area contributed by atoms with Gasteiger partial charge in [0.15, 0.2) is 5.82 Å².